The maximum absolute atomic E-state index is 5.89. The lowest BCUT2D eigenvalue weighted by Gasteiger charge is -2.05. The van der Waals surface area contributed by atoms with E-state index in [2.05, 4.69) is 54.5 Å². The van der Waals surface area contributed by atoms with Crippen molar-refractivity contribution in [2.75, 3.05) is 6.54 Å². The molecule has 0 radical (unpaired) electrons. The van der Waals surface area contributed by atoms with Crippen molar-refractivity contribution in [2.24, 2.45) is 5.92 Å². The molecule has 1 aromatic heterocycles. The van der Waals surface area contributed by atoms with E-state index in [4.69, 9.17) is 4.42 Å². The van der Waals surface area contributed by atoms with E-state index in [0.29, 0.717) is 12.5 Å². The highest BCUT2D eigenvalue weighted by molar-refractivity contribution is 5.95. The summed E-state index contributed by atoms with van der Waals surface area (Å²) in [5.41, 5.74) is 1.09. The van der Waals surface area contributed by atoms with Crippen LogP contribution in [0.3, 0.4) is 0 Å². The highest BCUT2D eigenvalue weighted by atomic mass is 16.4. The summed E-state index contributed by atoms with van der Waals surface area (Å²) in [6, 6.07) is 14.6. The Kier molecular flexibility index (Phi) is 4.02. The lowest BCUT2D eigenvalue weighted by molar-refractivity contribution is 0.459. The Bertz CT molecular complexity index is 725. The van der Waals surface area contributed by atoms with E-state index < -0.39 is 0 Å². The van der Waals surface area contributed by atoms with Gasteiger partial charge in [-0.25, -0.2) is 4.98 Å². The summed E-state index contributed by atoms with van der Waals surface area (Å²) in [6.45, 7) is 6.00. The van der Waals surface area contributed by atoms with Gasteiger partial charge in [0.2, 0.25) is 5.89 Å². The molecule has 0 saturated carbocycles. The van der Waals surface area contributed by atoms with Gasteiger partial charge in [0.15, 0.2) is 5.76 Å². The molecule has 3 nitrogen and oxygen atoms in total. The molecule has 0 spiro atoms. The van der Waals surface area contributed by atoms with Crippen molar-refractivity contribution in [2.45, 2.75) is 20.4 Å². The van der Waals surface area contributed by atoms with Gasteiger partial charge in [-0.1, -0.05) is 56.3 Å². The normalized spacial score (nSPS) is 11.4. The molecule has 0 aliphatic rings. The van der Waals surface area contributed by atoms with Crippen molar-refractivity contribution in [3.63, 3.8) is 0 Å². The van der Waals surface area contributed by atoms with Crippen LogP contribution in [0.25, 0.3) is 22.1 Å². The van der Waals surface area contributed by atoms with Gasteiger partial charge in [-0.2, -0.15) is 0 Å². The van der Waals surface area contributed by atoms with Gasteiger partial charge in [-0.3, -0.25) is 0 Å². The van der Waals surface area contributed by atoms with Crippen LogP contribution in [0.4, 0.5) is 0 Å². The van der Waals surface area contributed by atoms with Crippen LogP contribution in [0.5, 0.6) is 0 Å². The number of oxazole rings is 1. The number of fused-ring (bicyclic) bond motifs is 1. The van der Waals surface area contributed by atoms with Crippen molar-refractivity contribution < 1.29 is 4.42 Å². The number of hydrogen-bond donors (Lipinski definition) is 1. The SMILES string of the molecule is CC(C)CNCc1ncc(-c2cccc3ccccc23)o1. The molecule has 21 heavy (non-hydrogen) atoms. The number of nitrogens with one attached hydrogen (secondary N) is 1. The summed E-state index contributed by atoms with van der Waals surface area (Å²) >= 11 is 0. The second kappa shape index (κ2) is 6.10. The van der Waals surface area contributed by atoms with Crippen LogP contribution in [-0.2, 0) is 6.54 Å². The van der Waals surface area contributed by atoms with E-state index in [9.17, 15) is 0 Å². The molecule has 3 aromatic rings. The van der Waals surface area contributed by atoms with Crippen LogP contribution in [-0.4, -0.2) is 11.5 Å². The summed E-state index contributed by atoms with van der Waals surface area (Å²) in [6.07, 6.45) is 1.81. The molecule has 1 heterocycles. The molecule has 2 aromatic carbocycles. The second-order valence-corrected chi connectivity index (χ2v) is 5.67. The molecule has 0 bridgehead atoms. The highest BCUT2D eigenvalue weighted by Gasteiger charge is 2.09. The van der Waals surface area contributed by atoms with Crippen LogP contribution in [0.2, 0.25) is 0 Å². The summed E-state index contributed by atoms with van der Waals surface area (Å²) in [4.78, 5) is 4.37. The zero-order chi connectivity index (χ0) is 14.7. The van der Waals surface area contributed by atoms with Gasteiger partial charge in [0.05, 0.1) is 12.7 Å². The number of hydrogen-bond acceptors (Lipinski definition) is 3. The van der Waals surface area contributed by atoms with Gasteiger partial charge in [0, 0.05) is 5.56 Å². The molecular weight excluding hydrogens is 260 g/mol. The molecular formula is C18H20N2O. The fourth-order valence-electron chi connectivity index (χ4n) is 2.42. The lowest BCUT2D eigenvalue weighted by Crippen LogP contribution is -2.18. The van der Waals surface area contributed by atoms with Gasteiger partial charge < -0.3 is 9.73 Å². The predicted molar refractivity (Wildman–Crippen MR) is 86.0 cm³/mol. The van der Waals surface area contributed by atoms with Crippen molar-refractivity contribution in [3.05, 3.63) is 54.6 Å². The molecule has 0 fully saturated rings. The van der Waals surface area contributed by atoms with E-state index in [1.165, 1.54) is 10.8 Å². The number of nitrogens with zero attached hydrogens (tertiary/aromatic N) is 1. The first-order valence-corrected chi connectivity index (χ1v) is 7.37. The molecule has 0 unspecified atom stereocenters. The van der Waals surface area contributed by atoms with Gasteiger partial charge in [0.1, 0.15) is 0 Å². The highest BCUT2D eigenvalue weighted by Crippen LogP contribution is 2.28. The first kappa shape index (κ1) is 13.8. The van der Waals surface area contributed by atoms with E-state index in [-0.39, 0.29) is 0 Å². The first-order chi connectivity index (χ1) is 10.2. The Morgan fingerprint density at radius 1 is 1.10 bits per heavy atom. The standard InChI is InChI=1S/C18H20N2O/c1-13(2)10-19-12-18-20-11-17(21-18)16-9-5-7-14-6-3-4-8-15(14)16/h3-9,11,13,19H,10,12H2,1-2H3. The van der Waals surface area contributed by atoms with E-state index >= 15 is 0 Å². The zero-order valence-corrected chi connectivity index (χ0v) is 12.5. The van der Waals surface area contributed by atoms with Gasteiger partial charge in [-0.05, 0) is 23.2 Å². The molecule has 0 amide bonds. The Hall–Kier alpha value is -2.13. The van der Waals surface area contributed by atoms with Crippen LogP contribution in [0.15, 0.2) is 53.1 Å². The number of benzene rings is 2. The zero-order valence-electron chi connectivity index (χ0n) is 12.5. The third-order valence-corrected chi connectivity index (χ3v) is 3.44. The smallest absolute Gasteiger partial charge is 0.208 e. The molecule has 0 aliphatic heterocycles. The fourth-order valence-corrected chi connectivity index (χ4v) is 2.42. The summed E-state index contributed by atoms with van der Waals surface area (Å²) in [7, 11) is 0. The second-order valence-electron chi connectivity index (χ2n) is 5.67. The predicted octanol–water partition coefficient (Wildman–Crippen LogP) is 4.24. The number of aromatic nitrogens is 1. The van der Waals surface area contributed by atoms with Crippen LogP contribution in [0.1, 0.15) is 19.7 Å². The summed E-state index contributed by atoms with van der Waals surface area (Å²) in [5.74, 6) is 2.18. The number of rotatable bonds is 5. The average molecular weight is 280 g/mol. The molecule has 0 aliphatic carbocycles. The third kappa shape index (κ3) is 3.14. The molecule has 0 saturated heterocycles. The lowest BCUT2D eigenvalue weighted by atomic mass is 10.0. The molecule has 3 rings (SSSR count). The Labute approximate surface area is 125 Å². The first-order valence-electron chi connectivity index (χ1n) is 7.37. The average Bonchev–Trinajstić information content (AvgIpc) is 2.95. The van der Waals surface area contributed by atoms with E-state index in [0.717, 1.165) is 23.8 Å². The molecule has 0 atom stereocenters. The maximum atomic E-state index is 5.89. The van der Waals surface area contributed by atoms with Crippen LogP contribution < -0.4 is 5.32 Å². The quantitative estimate of drug-likeness (QED) is 0.759. The third-order valence-electron chi connectivity index (χ3n) is 3.44. The minimum Gasteiger partial charge on any atom is -0.439 e. The molecule has 1 N–H and O–H groups in total. The van der Waals surface area contributed by atoms with Gasteiger partial charge in [-0.15, -0.1) is 0 Å². The molecule has 3 heteroatoms. The van der Waals surface area contributed by atoms with Crippen molar-refractivity contribution in [1.82, 2.24) is 10.3 Å². The van der Waals surface area contributed by atoms with Crippen molar-refractivity contribution >= 4 is 10.8 Å². The van der Waals surface area contributed by atoms with E-state index in [1.807, 2.05) is 18.3 Å². The summed E-state index contributed by atoms with van der Waals surface area (Å²) in [5, 5.41) is 5.75. The monoisotopic (exact) mass is 280 g/mol. The Morgan fingerprint density at radius 3 is 2.76 bits per heavy atom. The van der Waals surface area contributed by atoms with Gasteiger partial charge >= 0.3 is 0 Å². The summed E-state index contributed by atoms with van der Waals surface area (Å²) < 4.78 is 5.89. The minimum absolute atomic E-state index is 0.623. The van der Waals surface area contributed by atoms with E-state index in [1.54, 1.807) is 0 Å². The minimum atomic E-state index is 0.623. The maximum Gasteiger partial charge on any atom is 0.208 e. The van der Waals surface area contributed by atoms with Crippen LogP contribution in [0, 0.1) is 5.92 Å². The largest absolute Gasteiger partial charge is 0.439 e. The Balaban J connectivity index is 1.85. The van der Waals surface area contributed by atoms with Crippen molar-refractivity contribution in [1.29, 1.82) is 0 Å². The Morgan fingerprint density at radius 2 is 1.90 bits per heavy atom. The van der Waals surface area contributed by atoms with Crippen molar-refractivity contribution in [3.8, 4) is 11.3 Å². The van der Waals surface area contributed by atoms with Crippen LogP contribution >= 0.6 is 0 Å². The van der Waals surface area contributed by atoms with Gasteiger partial charge in [0.25, 0.3) is 0 Å². The fraction of sp³-hybridized carbons (Fsp3) is 0.278. The topological polar surface area (TPSA) is 38.1 Å². The molecule has 108 valence electrons.